The molecule has 0 aliphatic heterocycles. The van der Waals surface area contributed by atoms with Crippen LogP contribution in [0.4, 0.5) is 17.1 Å². The van der Waals surface area contributed by atoms with Crippen LogP contribution in [-0.2, 0) is 21.7 Å². The highest BCUT2D eigenvalue weighted by molar-refractivity contribution is 6.15. The molecule has 0 bridgehead atoms. The predicted molar refractivity (Wildman–Crippen MR) is 304 cm³/mol. The molecular formula is C68H68N2. The van der Waals surface area contributed by atoms with Crippen LogP contribution in [0.25, 0.3) is 71.6 Å². The van der Waals surface area contributed by atoms with Crippen molar-refractivity contribution in [3.05, 3.63) is 216 Å². The molecule has 1 aromatic heterocycles. The third-order valence-corrected chi connectivity index (χ3v) is 14.4. The molecule has 0 aliphatic carbocycles. The van der Waals surface area contributed by atoms with Gasteiger partial charge in [-0.25, -0.2) is 0 Å². The number of aromatic nitrogens is 1. The van der Waals surface area contributed by atoms with E-state index in [1.54, 1.807) is 0 Å². The second-order valence-corrected chi connectivity index (χ2v) is 23.5. The molecule has 9 aromatic carbocycles. The van der Waals surface area contributed by atoms with Gasteiger partial charge in [-0.2, -0.15) is 0 Å². The molecule has 0 fully saturated rings. The molecule has 10 aromatic rings. The van der Waals surface area contributed by atoms with Crippen molar-refractivity contribution in [2.45, 2.75) is 105 Å². The van der Waals surface area contributed by atoms with Gasteiger partial charge < -0.3 is 9.47 Å². The van der Waals surface area contributed by atoms with Crippen LogP contribution in [0.15, 0.2) is 194 Å². The fraction of sp³-hybridized carbons (Fsp3) is 0.235. The predicted octanol–water partition coefficient (Wildman–Crippen LogP) is 19.6. The van der Waals surface area contributed by atoms with Crippen molar-refractivity contribution in [3.8, 4) is 39.1 Å². The van der Waals surface area contributed by atoms with Crippen LogP contribution >= 0.6 is 0 Å². The van der Waals surface area contributed by atoms with E-state index in [0.717, 1.165) is 28.3 Å². The van der Waals surface area contributed by atoms with Crippen molar-refractivity contribution in [2.75, 3.05) is 4.90 Å². The third-order valence-electron chi connectivity index (χ3n) is 14.4. The van der Waals surface area contributed by atoms with Gasteiger partial charge in [0.05, 0.1) is 22.4 Å². The normalized spacial score (nSPS) is 12.6. The number of anilines is 3. The van der Waals surface area contributed by atoms with Crippen LogP contribution < -0.4 is 4.90 Å². The van der Waals surface area contributed by atoms with Gasteiger partial charge >= 0.3 is 0 Å². The smallest absolute Gasteiger partial charge is 0.0620 e. The van der Waals surface area contributed by atoms with Crippen LogP contribution in [0.5, 0.6) is 0 Å². The quantitative estimate of drug-likeness (QED) is 0.155. The van der Waals surface area contributed by atoms with Gasteiger partial charge in [-0.3, -0.25) is 0 Å². The molecule has 0 aliphatic rings. The van der Waals surface area contributed by atoms with Gasteiger partial charge in [0.2, 0.25) is 0 Å². The minimum atomic E-state index is -0.0963. The van der Waals surface area contributed by atoms with Gasteiger partial charge in [0.25, 0.3) is 0 Å². The number of benzene rings is 9. The lowest BCUT2D eigenvalue weighted by Gasteiger charge is -2.33. The van der Waals surface area contributed by atoms with E-state index < -0.39 is 0 Å². The van der Waals surface area contributed by atoms with E-state index in [9.17, 15) is 0 Å². The molecule has 0 unspecified atom stereocenters. The number of fused-ring (bicyclic) bond motifs is 4. The highest BCUT2D eigenvalue weighted by atomic mass is 15.1. The summed E-state index contributed by atoms with van der Waals surface area (Å²) in [4.78, 5) is 2.57. The van der Waals surface area contributed by atoms with Crippen molar-refractivity contribution >= 4 is 49.6 Å². The maximum atomic E-state index is 2.57. The summed E-state index contributed by atoms with van der Waals surface area (Å²) in [6, 6.07) is 73.1. The molecular weight excluding hydrogens is 845 g/mol. The first kappa shape index (κ1) is 46.6. The second-order valence-electron chi connectivity index (χ2n) is 23.5. The lowest BCUT2D eigenvalue weighted by atomic mass is 9.78. The fourth-order valence-electron chi connectivity index (χ4n) is 10.3. The van der Waals surface area contributed by atoms with E-state index in [1.807, 2.05) is 0 Å². The zero-order chi connectivity index (χ0) is 49.3. The van der Waals surface area contributed by atoms with E-state index in [4.69, 9.17) is 0 Å². The number of para-hydroxylation sites is 5. The molecule has 350 valence electrons. The van der Waals surface area contributed by atoms with Crippen molar-refractivity contribution in [2.24, 2.45) is 0 Å². The van der Waals surface area contributed by atoms with Crippen LogP contribution in [0.2, 0.25) is 0 Å². The summed E-state index contributed by atoms with van der Waals surface area (Å²) >= 11 is 0. The van der Waals surface area contributed by atoms with Crippen LogP contribution in [0.3, 0.4) is 0 Å². The Labute approximate surface area is 417 Å². The molecule has 2 nitrogen and oxygen atoms in total. The summed E-state index contributed by atoms with van der Waals surface area (Å²) in [6.45, 7) is 28.0. The van der Waals surface area contributed by atoms with Gasteiger partial charge in [0, 0.05) is 38.8 Å². The molecule has 0 spiro atoms. The zero-order valence-corrected chi connectivity index (χ0v) is 43.4. The summed E-state index contributed by atoms with van der Waals surface area (Å²) in [5.41, 5.74) is 19.2. The summed E-state index contributed by atoms with van der Waals surface area (Å²) in [5, 5.41) is 4.95. The Morgan fingerprint density at radius 2 is 0.771 bits per heavy atom. The first-order chi connectivity index (χ1) is 33.3. The lowest BCUT2D eigenvalue weighted by molar-refractivity contribution is 0.568. The Hall–Kier alpha value is -7.16. The van der Waals surface area contributed by atoms with E-state index in [0.29, 0.717) is 0 Å². The standard InChI is InChI=1S/C68H68N2/c1-65(2,3)47-39-46(40-48(41-47)66(4,5)6)53-32-22-25-45-26-23-33-57(63(45)53)54-29-16-19-36-60(54)69(52-43-49(67(7,8)9)42-50(44-52)68(10,11)12)61-37-20-17-30-55(61)58-34-24-35-59-56-31-18-21-38-62(56)70(64(58)59)51-27-14-13-15-28-51/h13-44H,1-12H3. The number of nitrogens with zero attached hydrogens (tertiary/aromatic N) is 2. The van der Waals surface area contributed by atoms with Crippen LogP contribution in [-0.4, -0.2) is 4.57 Å². The minimum absolute atomic E-state index is 0.0167. The Balaban J connectivity index is 1.30. The maximum Gasteiger partial charge on any atom is 0.0620 e. The van der Waals surface area contributed by atoms with Gasteiger partial charge in [-0.1, -0.05) is 235 Å². The molecule has 1 heterocycles. The topological polar surface area (TPSA) is 8.17 Å². The first-order valence-electron chi connectivity index (χ1n) is 25.2. The molecule has 0 saturated carbocycles. The van der Waals surface area contributed by atoms with Crippen molar-refractivity contribution in [1.82, 2.24) is 4.57 Å². The van der Waals surface area contributed by atoms with E-state index >= 15 is 0 Å². The SMILES string of the molecule is CC(C)(C)c1cc(-c2cccc3cccc(-c4ccccc4N(c4cc(C(C)(C)C)cc(C(C)(C)C)c4)c4ccccc4-c4cccc5c6ccccc6n(-c6ccccc6)c45)c23)cc(C(C)(C)C)c1. The Morgan fingerprint density at radius 3 is 1.34 bits per heavy atom. The molecule has 0 N–H and O–H groups in total. The summed E-state index contributed by atoms with van der Waals surface area (Å²) < 4.78 is 2.46. The summed E-state index contributed by atoms with van der Waals surface area (Å²) in [6.07, 6.45) is 0. The third kappa shape index (κ3) is 8.53. The monoisotopic (exact) mass is 913 g/mol. The number of hydrogen-bond donors (Lipinski definition) is 0. The van der Waals surface area contributed by atoms with E-state index in [-0.39, 0.29) is 21.7 Å². The zero-order valence-electron chi connectivity index (χ0n) is 43.4. The summed E-state index contributed by atoms with van der Waals surface area (Å²) in [5.74, 6) is 0. The second kappa shape index (κ2) is 17.4. The van der Waals surface area contributed by atoms with Crippen molar-refractivity contribution in [1.29, 1.82) is 0 Å². The molecule has 0 amide bonds. The summed E-state index contributed by atoms with van der Waals surface area (Å²) in [7, 11) is 0. The Kier molecular flexibility index (Phi) is 11.5. The molecule has 70 heavy (non-hydrogen) atoms. The largest absolute Gasteiger partial charge is 0.309 e. The average Bonchev–Trinajstić information content (AvgIpc) is 3.68. The molecule has 0 atom stereocenters. The minimum Gasteiger partial charge on any atom is -0.309 e. The first-order valence-corrected chi connectivity index (χ1v) is 25.2. The lowest BCUT2D eigenvalue weighted by Crippen LogP contribution is -2.19. The molecule has 2 heteroatoms. The highest BCUT2D eigenvalue weighted by Gasteiger charge is 2.29. The highest BCUT2D eigenvalue weighted by Crippen LogP contribution is 2.50. The van der Waals surface area contributed by atoms with Crippen LogP contribution in [0, 0.1) is 0 Å². The molecule has 10 rings (SSSR count). The van der Waals surface area contributed by atoms with Crippen molar-refractivity contribution < 1.29 is 0 Å². The molecule has 0 radical (unpaired) electrons. The Morgan fingerprint density at radius 1 is 0.343 bits per heavy atom. The van der Waals surface area contributed by atoms with Gasteiger partial charge in [0.15, 0.2) is 0 Å². The van der Waals surface area contributed by atoms with E-state index in [1.165, 1.54) is 82.6 Å². The van der Waals surface area contributed by atoms with E-state index in [2.05, 4.69) is 287 Å². The number of rotatable bonds is 7. The fourth-order valence-corrected chi connectivity index (χ4v) is 10.3. The van der Waals surface area contributed by atoms with Gasteiger partial charge in [-0.15, -0.1) is 0 Å². The van der Waals surface area contributed by atoms with Crippen molar-refractivity contribution in [3.63, 3.8) is 0 Å². The van der Waals surface area contributed by atoms with Gasteiger partial charge in [-0.05, 0) is 114 Å². The maximum absolute atomic E-state index is 2.57. The van der Waals surface area contributed by atoms with Crippen LogP contribution in [0.1, 0.15) is 105 Å². The molecule has 0 saturated heterocycles. The number of hydrogen-bond acceptors (Lipinski definition) is 1. The Bertz CT molecular complexity index is 3500. The van der Waals surface area contributed by atoms with Gasteiger partial charge in [0.1, 0.15) is 0 Å². The average molecular weight is 913 g/mol.